The van der Waals surface area contributed by atoms with Gasteiger partial charge < -0.3 is 0 Å². The van der Waals surface area contributed by atoms with E-state index in [0.29, 0.717) is 17.6 Å². The molecule has 0 bridgehead atoms. The van der Waals surface area contributed by atoms with Crippen LogP contribution in [0.5, 0.6) is 0 Å². The van der Waals surface area contributed by atoms with Crippen LogP contribution in [0.4, 0.5) is 0 Å². The molecule has 0 N–H and O–H groups in total. The number of rotatable bonds is 5. The summed E-state index contributed by atoms with van der Waals surface area (Å²) in [7, 11) is 0. The Hall–Kier alpha value is -6.92. The van der Waals surface area contributed by atoms with Crippen molar-refractivity contribution >= 4 is 43.6 Å². The second-order valence-electron chi connectivity index (χ2n) is 12.3. The lowest BCUT2D eigenvalue weighted by Gasteiger charge is -2.11. The molecule has 3 aromatic heterocycles. The van der Waals surface area contributed by atoms with E-state index in [2.05, 4.69) is 106 Å². The van der Waals surface area contributed by atoms with Crippen molar-refractivity contribution < 1.29 is 0 Å². The Labute approximate surface area is 287 Å². The summed E-state index contributed by atoms with van der Waals surface area (Å²) in [6, 6.07) is 58.4. The molecule has 0 saturated carbocycles. The second kappa shape index (κ2) is 11.4. The Balaban J connectivity index is 1.32. The third-order valence-corrected chi connectivity index (χ3v) is 9.38. The van der Waals surface area contributed by atoms with Gasteiger partial charge in [-0.15, -0.1) is 0 Å². The van der Waals surface area contributed by atoms with Crippen LogP contribution in [0.1, 0.15) is 0 Å². The average molecular weight is 641 g/mol. The second-order valence-corrected chi connectivity index (χ2v) is 12.3. The monoisotopic (exact) mass is 640 g/mol. The van der Waals surface area contributed by atoms with Crippen LogP contribution in [0.2, 0.25) is 0 Å². The maximum Gasteiger partial charge on any atom is 0.238 e. The molecule has 6 nitrogen and oxygen atoms in total. The molecule has 0 aliphatic heterocycles. The number of benzene rings is 7. The molecular weight excluding hydrogens is 613 g/mol. The lowest BCUT2D eigenvalue weighted by Crippen LogP contribution is -2.06. The van der Waals surface area contributed by atoms with E-state index >= 15 is 0 Å². The highest BCUT2D eigenvalue weighted by atomic mass is 15.2. The normalized spacial score (nSPS) is 11.6. The molecule has 0 fully saturated rings. The fraction of sp³-hybridized carbons (Fsp3) is 0. The van der Waals surface area contributed by atoms with Gasteiger partial charge >= 0.3 is 0 Å². The van der Waals surface area contributed by atoms with E-state index in [1.807, 2.05) is 72.8 Å². The summed E-state index contributed by atoms with van der Waals surface area (Å²) in [4.78, 5) is 20.7. The predicted octanol–water partition coefficient (Wildman–Crippen LogP) is 10.5. The smallest absolute Gasteiger partial charge is 0.238 e. The van der Waals surface area contributed by atoms with Crippen molar-refractivity contribution in [2.45, 2.75) is 0 Å². The summed E-state index contributed by atoms with van der Waals surface area (Å²) in [5.41, 5.74) is 8.00. The van der Waals surface area contributed by atoms with Crippen LogP contribution in [0.3, 0.4) is 0 Å². The summed E-state index contributed by atoms with van der Waals surface area (Å²) < 4.78 is 4.45. The summed E-state index contributed by atoms with van der Waals surface area (Å²) in [6.07, 6.45) is 0. The van der Waals surface area contributed by atoms with Crippen molar-refractivity contribution in [3.05, 3.63) is 170 Å². The highest BCUT2D eigenvalue weighted by Crippen LogP contribution is 2.41. The van der Waals surface area contributed by atoms with E-state index in [1.54, 1.807) is 0 Å². The van der Waals surface area contributed by atoms with Gasteiger partial charge in [-0.3, -0.25) is 9.13 Å². The van der Waals surface area contributed by atoms with Gasteiger partial charge in [-0.2, -0.15) is 9.97 Å². The maximum atomic E-state index is 5.45. The summed E-state index contributed by atoms with van der Waals surface area (Å²) in [6.45, 7) is 0. The molecule has 6 heteroatoms. The van der Waals surface area contributed by atoms with Gasteiger partial charge in [-0.05, 0) is 35.7 Å². The molecule has 50 heavy (non-hydrogen) atoms. The Morgan fingerprint density at radius 2 is 0.900 bits per heavy atom. The van der Waals surface area contributed by atoms with Crippen LogP contribution in [-0.2, 0) is 0 Å². The minimum Gasteiger partial charge on any atom is -0.292 e. The van der Waals surface area contributed by atoms with E-state index in [1.165, 1.54) is 0 Å². The molecule has 0 amide bonds. The highest BCUT2D eigenvalue weighted by molar-refractivity contribution is 6.27. The molecule has 0 aliphatic carbocycles. The summed E-state index contributed by atoms with van der Waals surface area (Å²) >= 11 is 0. The number of imidazole rings is 1. The molecule has 10 aromatic rings. The average Bonchev–Trinajstić information content (AvgIpc) is 3.76. The van der Waals surface area contributed by atoms with Crippen molar-refractivity contribution in [1.29, 1.82) is 0 Å². The van der Waals surface area contributed by atoms with E-state index in [4.69, 9.17) is 19.9 Å². The SMILES string of the molecule is c1ccc(-c2nc(-c3ccccc3)nc(-n3c4ccccc4c4c5c(ccc6c5nc(-c5ccccc5)n6-c5ccccc5)ccc43)n2)cc1. The molecule has 0 radical (unpaired) electrons. The molecule has 234 valence electrons. The first-order valence-corrected chi connectivity index (χ1v) is 16.7. The number of fused-ring (bicyclic) bond motifs is 7. The van der Waals surface area contributed by atoms with Crippen molar-refractivity contribution in [1.82, 2.24) is 29.1 Å². The number of hydrogen-bond acceptors (Lipinski definition) is 4. The van der Waals surface area contributed by atoms with E-state index < -0.39 is 0 Å². The van der Waals surface area contributed by atoms with Crippen molar-refractivity contribution in [2.24, 2.45) is 0 Å². The Bertz CT molecular complexity index is 2780. The number of hydrogen-bond donors (Lipinski definition) is 0. The number of nitrogens with zero attached hydrogens (tertiary/aromatic N) is 6. The van der Waals surface area contributed by atoms with Gasteiger partial charge in [-0.1, -0.05) is 140 Å². The third-order valence-electron chi connectivity index (χ3n) is 9.38. The third kappa shape index (κ3) is 4.43. The number of aromatic nitrogens is 6. The quantitative estimate of drug-likeness (QED) is 0.188. The molecule has 0 spiro atoms. The van der Waals surface area contributed by atoms with E-state index in [9.17, 15) is 0 Å². The zero-order valence-corrected chi connectivity index (χ0v) is 26.8. The zero-order chi connectivity index (χ0) is 33.0. The fourth-order valence-corrected chi connectivity index (χ4v) is 7.14. The van der Waals surface area contributed by atoms with Gasteiger partial charge in [0.2, 0.25) is 5.95 Å². The lowest BCUT2D eigenvalue weighted by molar-refractivity contribution is 0.953. The van der Waals surface area contributed by atoms with Crippen molar-refractivity contribution in [3.8, 4) is 45.8 Å². The molecule has 7 aromatic carbocycles. The highest BCUT2D eigenvalue weighted by Gasteiger charge is 2.22. The van der Waals surface area contributed by atoms with Gasteiger partial charge in [0.25, 0.3) is 0 Å². The molecule has 10 rings (SSSR count). The lowest BCUT2D eigenvalue weighted by atomic mass is 10.0. The predicted molar refractivity (Wildman–Crippen MR) is 203 cm³/mol. The largest absolute Gasteiger partial charge is 0.292 e. The van der Waals surface area contributed by atoms with Crippen LogP contribution in [0.25, 0.3) is 89.4 Å². The van der Waals surface area contributed by atoms with E-state index in [-0.39, 0.29) is 0 Å². The molecule has 0 atom stereocenters. The first-order chi connectivity index (χ1) is 24.8. The Kier molecular flexibility index (Phi) is 6.39. The molecular formula is C44H28N6. The van der Waals surface area contributed by atoms with Crippen molar-refractivity contribution in [2.75, 3.05) is 0 Å². The van der Waals surface area contributed by atoms with Crippen LogP contribution < -0.4 is 0 Å². The standard InChI is InChI=1S/C44H28N6/c1-5-15-30(16-6-1)41-46-42(31-17-7-2-8-18-31)48-44(47-41)50-35-24-14-13-23-34(35)39-36(50)27-25-29-26-28-37-40(38(29)39)45-43(32-19-9-3-10-20-32)49(37)33-21-11-4-12-22-33/h1-28H. The maximum absolute atomic E-state index is 5.45. The van der Waals surface area contributed by atoms with Gasteiger partial charge in [0.15, 0.2) is 11.6 Å². The zero-order valence-electron chi connectivity index (χ0n) is 26.8. The minimum atomic E-state index is 0.565. The molecule has 0 aliphatic rings. The van der Waals surface area contributed by atoms with Crippen LogP contribution in [-0.4, -0.2) is 29.1 Å². The van der Waals surface area contributed by atoms with Crippen LogP contribution >= 0.6 is 0 Å². The summed E-state index contributed by atoms with van der Waals surface area (Å²) in [5, 5.41) is 4.45. The number of para-hydroxylation sites is 2. The Morgan fingerprint density at radius 1 is 0.360 bits per heavy atom. The molecule has 0 saturated heterocycles. The summed E-state index contributed by atoms with van der Waals surface area (Å²) in [5.74, 6) is 2.71. The van der Waals surface area contributed by atoms with Gasteiger partial charge in [0.05, 0.1) is 22.1 Å². The Morgan fingerprint density at radius 3 is 1.54 bits per heavy atom. The van der Waals surface area contributed by atoms with Gasteiger partial charge in [0, 0.05) is 38.5 Å². The van der Waals surface area contributed by atoms with Crippen LogP contribution in [0.15, 0.2) is 170 Å². The van der Waals surface area contributed by atoms with Crippen molar-refractivity contribution in [3.63, 3.8) is 0 Å². The molecule has 0 unspecified atom stereocenters. The molecule has 3 heterocycles. The topological polar surface area (TPSA) is 61.4 Å². The minimum absolute atomic E-state index is 0.565. The first-order valence-electron chi connectivity index (χ1n) is 16.7. The van der Waals surface area contributed by atoms with E-state index in [0.717, 1.165) is 71.8 Å². The van der Waals surface area contributed by atoms with Gasteiger partial charge in [-0.25, -0.2) is 9.97 Å². The first kappa shape index (κ1) is 28.1. The van der Waals surface area contributed by atoms with Crippen LogP contribution in [0, 0.1) is 0 Å². The fourth-order valence-electron chi connectivity index (χ4n) is 7.14. The van der Waals surface area contributed by atoms with Gasteiger partial charge in [0.1, 0.15) is 5.82 Å².